The second-order valence-electron chi connectivity index (χ2n) is 3.30. The fourth-order valence-corrected chi connectivity index (χ4v) is 1.26. The average molecular weight is 193 g/mol. The first kappa shape index (κ1) is 10.6. The van der Waals surface area contributed by atoms with Gasteiger partial charge in [-0.1, -0.05) is 13.3 Å². The Bertz CT molecular complexity index is 334. The average Bonchev–Trinajstić information content (AvgIpc) is 2.18. The van der Waals surface area contributed by atoms with Crippen LogP contribution in [0.1, 0.15) is 36.5 Å². The second kappa shape index (κ2) is 4.65. The smallest absolute Gasteiger partial charge is 0.165 e. The molecule has 1 aromatic rings. The highest BCUT2D eigenvalue weighted by molar-refractivity contribution is 6.01. The van der Waals surface area contributed by atoms with Crippen LogP contribution in [0.4, 0.5) is 5.69 Å². The highest BCUT2D eigenvalue weighted by Gasteiger charge is 2.09. The molecule has 3 heteroatoms. The Balaban J connectivity index is 2.83. The van der Waals surface area contributed by atoms with Gasteiger partial charge in [-0.2, -0.15) is 0 Å². The van der Waals surface area contributed by atoms with Crippen LogP contribution >= 0.6 is 0 Å². The molecule has 0 aliphatic carbocycles. The van der Waals surface area contributed by atoms with Crippen molar-refractivity contribution in [1.29, 1.82) is 0 Å². The molecule has 0 saturated heterocycles. The van der Waals surface area contributed by atoms with E-state index in [4.69, 9.17) is 5.73 Å². The quantitative estimate of drug-likeness (QED) is 0.438. The first-order chi connectivity index (χ1) is 6.65. The van der Waals surface area contributed by atoms with Gasteiger partial charge in [-0.25, -0.2) is 0 Å². The molecule has 0 unspecified atom stereocenters. The Morgan fingerprint density at radius 1 is 1.50 bits per heavy atom. The van der Waals surface area contributed by atoms with Gasteiger partial charge in [-0.3, -0.25) is 4.79 Å². The number of phenols is 1. The minimum Gasteiger partial charge on any atom is -0.508 e. The molecule has 1 aromatic carbocycles. The van der Waals surface area contributed by atoms with E-state index in [0.717, 1.165) is 12.8 Å². The maximum Gasteiger partial charge on any atom is 0.165 e. The van der Waals surface area contributed by atoms with Crippen molar-refractivity contribution in [2.45, 2.75) is 26.2 Å². The molecule has 0 radical (unpaired) electrons. The third-order valence-electron chi connectivity index (χ3n) is 2.09. The normalized spacial score (nSPS) is 10.1. The zero-order chi connectivity index (χ0) is 10.6. The van der Waals surface area contributed by atoms with E-state index in [9.17, 15) is 9.90 Å². The van der Waals surface area contributed by atoms with Crippen molar-refractivity contribution < 1.29 is 9.90 Å². The summed E-state index contributed by atoms with van der Waals surface area (Å²) >= 11 is 0. The Labute approximate surface area is 83.6 Å². The predicted octanol–water partition coefficient (Wildman–Crippen LogP) is 2.35. The molecule has 0 heterocycles. The first-order valence-electron chi connectivity index (χ1n) is 4.77. The van der Waals surface area contributed by atoms with Crippen LogP contribution in [0.5, 0.6) is 5.75 Å². The van der Waals surface area contributed by atoms with Crippen LogP contribution in [0.3, 0.4) is 0 Å². The molecule has 0 saturated carbocycles. The summed E-state index contributed by atoms with van der Waals surface area (Å²) in [5.41, 5.74) is 6.49. The molecular weight excluding hydrogens is 178 g/mol. The third-order valence-corrected chi connectivity index (χ3v) is 2.09. The van der Waals surface area contributed by atoms with Gasteiger partial charge in [0.05, 0.1) is 0 Å². The Morgan fingerprint density at radius 2 is 2.21 bits per heavy atom. The summed E-state index contributed by atoms with van der Waals surface area (Å²) in [6, 6.07) is 4.45. The van der Waals surface area contributed by atoms with Crippen molar-refractivity contribution in [3.05, 3.63) is 23.8 Å². The number of Topliss-reactive ketones (excluding diaryl/α,β-unsaturated/α-hetero) is 1. The SMILES string of the molecule is CCCCC(=O)c1cc(O)ccc1N. The van der Waals surface area contributed by atoms with Gasteiger partial charge in [-0.05, 0) is 24.6 Å². The van der Waals surface area contributed by atoms with Crippen LogP contribution in [0.15, 0.2) is 18.2 Å². The monoisotopic (exact) mass is 193 g/mol. The fraction of sp³-hybridized carbons (Fsp3) is 0.364. The lowest BCUT2D eigenvalue weighted by atomic mass is 10.0. The number of hydrogen-bond acceptors (Lipinski definition) is 3. The van der Waals surface area contributed by atoms with E-state index in [1.807, 2.05) is 6.92 Å². The number of nitrogens with two attached hydrogens (primary N) is 1. The molecule has 0 aliphatic heterocycles. The van der Waals surface area contributed by atoms with Gasteiger partial charge in [0.1, 0.15) is 5.75 Å². The molecule has 1 rings (SSSR count). The number of ketones is 1. The Morgan fingerprint density at radius 3 is 2.86 bits per heavy atom. The number of nitrogen functional groups attached to an aromatic ring is 1. The molecule has 0 amide bonds. The standard InChI is InChI=1S/C11H15NO2/c1-2-3-4-11(14)9-7-8(13)5-6-10(9)12/h5-7,13H,2-4,12H2,1H3. The summed E-state index contributed by atoms with van der Waals surface area (Å²) in [7, 11) is 0. The van der Waals surface area contributed by atoms with Crippen LogP contribution in [-0.2, 0) is 0 Å². The number of carbonyl (C=O) groups excluding carboxylic acids is 1. The van der Waals surface area contributed by atoms with Gasteiger partial charge in [0, 0.05) is 17.7 Å². The van der Waals surface area contributed by atoms with Crippen LogP contribution < -0.4 is 5.73 Å². The van der Waals surface area contributed by atoms with E-state index >= 15 is 0 Å². The molecule has 3 nitrogen and oxygen atoms in total. The van der Waals surface area contributed by atoms with Gasteiger partial charge in [-0.15, -0.1) is 0 Å². The van der Waals surface area contributed by atoms with Crippen LogP contribution in [0, 0.1) is 0 Å². The maximum atomic E-state index is 11.6. The number of unbranched alkanes of at least 4 members (excludes halogenated alkanes) is 1. The van der Waals surface area contributed by atoms with Crippen molar-refractivity contribution in [3.8, 4) is 5.75 Å². The van der Waals surface area contributed by atoms with E-state index in [2.05, 4.69) is 0 Å². The number of rotatable bonds is 4. The zero-order valence-corrected chi connectivity index (χ0v) is 8.29. The largest absolute Gasteiger partial charge is 0.508 e. The van der Waals surface area contributed by atoms with Crippen molar-refractivity contribution in [2.75, 3.05) is 5.73 Å². The summed E-state index contributed by atoms with van der Waals surface area (Å²) in [6.07, 6.45) is 2.32. The van der Waals surface area contributed by atoms with Gasteiger partial charge in [0.2, 0.25) is 0 Å². The van der Waals surface area contributed by atoms with Crippen LogP contribution in [0.25, 0.3) is 0 Å². The second-order valence-corrected chi connectivity index (χ2v) is 3.30. The van der Waals surface area contributed by atoms with Crippen LogP contribution in [-0.4, -0.2) is 10.9 Å². The van der Waals surface area contributed by atoms with Gasteiger partial charge < -0.3 is 10.8 Å². The molecular formula is C11H15NO2. The molecule has 14 heavy (non-hydrogen) atoms. The lowest BCUT2D eigenvalue weighted by Crippen LogP contribution is -2.03. The van der Waals surface area contributed by atoms with Gasteiger partial charge in [0.15, 0.2) is 5.78 Å². The summed E-state index contributed by atoms with van der Waals surface area (Å²) in [5, 5.41) is 9.20. The summed E-state index contributed by atoms with van der Waals surface area (Å²) < 4.78 is 0. The molecule has 0 aromatic heterocycles. The molecule has 0 aliphatic rings. The number of phenolic OH excluding ortho intramolecular Hbond substituents is 1. The summed E-state index contributed by atoms with van der Waals surface area (Å²) in [6.45, 7) is 2.03. The van der Waals surface area contributed by atoms with E-state index < -0.39 is 0 Å². The fourth-order valence-electron chi connectivity index (χ4n) is 1.26. The molecule has 0 atom stereocenters. The van der Waals surface area contributed by atoms with Gasteiger partial charge in [0.25, 0.3) is 0 Å². The zero-order valence-electron chi connectivity index (χ0n) is 8.29. The maximum absolute atomic E-state index is 11.6. The highest BCUT2D eigenvalue weighted by atomic mass is 16.3. The van der Waals surface area contributed by atoms with E-state index in [1.54, 1.807) is 6.07 Å². The van der Waals surface area contributed by atoms with E-state index in [0.29, 0.717) is 17.7 Å². The molecule has 0 fully saturated rings. The Kier molecular flexibility index (Phi) is 3.51. The minimum atomic E-state index is 0.000231. The lowest BCUT2D eigenvalue weighted by molar-refractivity contribution is 0.0980. The highest BCUT2D eigenvalue weighted by Crippen LogP contribution is 2.20. The number of carbonyl (C=O) groups is 1. The summed E-state index contributed by atoms with van der Waals surface area (Å²) in [5.74, 6) is 0.0827. The topological polar surface area (TPSA) is 63.3 Å². The Hall–Kier alpha value is -1.51. The minimum absolute atomic E-state index is 0.000231. The van der Waals surface area contributed by atoms with Crippen molar-refractivity contribution in [3.63, 3.8) is 0 Å². The lowest BCUT2D eigenvalue weighted by Gasteiger charge is -2.04. The van der Waals surface area contributed by atoms with Crippen molar-refractivity contribution in [2.24, 2.45) is 0 Å². The van der Waals surface area contributed by atoms with E-state index in [1.165, 1.54) is 12.1 Å². The van der Waals surface area contributed by atoms with Gasteiger partial charge >= 0.3 is 0 Å². The molecule has 0 spiro atoms. The molecule has 0 bridgehead atoms. The molecule has 3 N–H and O–H groups in total. The van der Waals surface area contributed by atoms with E-state index in [-0.39, 0.29) is 11.5 Å². The van der Waals surface area contributed by atoms with Crippen LogP contribution in [0.2, 0.25) is 0 Å². The third kappa shape index (κ3) is 2.49. The number of benzene rings is 1. The number of hydrogen-bond donors (Lipinski definition) is 2. The first-order valence-corrected chi connectivity index (χ1v) is 4.77. The van der Waals surface area contributed by atoms with Crippen molar-refractivity contribution >= 4 is 11.5 Å². The molecule has 76 valence electrons. The van der Waals surface area contributed by atoms with Crippen molar-refractivity contribution in [1.82, 2.24) is 0 Å². The summed E-state index contributed by atoms with van der Waals surface area (Å²) in [4.78, 5) is 11.6. The number of aromatic hydroxyl groups is 1. The predicted molar refractivity (Wildman–Crippen MR) is 56.4 cm³/mol. The number of anilines is 1.